The number of aliphatic carboxylic acids is 1. The van der Waals surface area contributed by atoms with Crippen LogP contribution < -0.4 is 5.32 Å². The summed E-state index contributed by atoms with van der Waals surface area (Å²) in [7, 11) is 2.01. The van der Waals surface area contributed by atoms with Crippen LogP contribution >= 0.6 is 0 Å². The lowest BCUT2D eigenvalue weighted by Gasteiger charge is -2.28. The van der Waals surface area contributed by atoms with E-state index in [9.17, 15) is 14.7 Å². The molecule has 1 aliphatic rings. The number of urea groups is 1. The van der Waals surface area contributed by atoms with Gasteiger partial charge < -0.3 is 20.2 Å². The fraction of sp³-hybridized carbons (Fsp3) is 0.867. The van der Waals surface area contributed by atoms with Crippen molar-refractivity contribution in [1.82, 2.24) is 15.1 Å². The molecule has 1 fully saturated rings. The molecule has 1 aliphatic heterocycles. The molecule has 1 saturated heterocycles. The zero-order valence-corrected chi connectivity index (χ0v) is 13.8. The number of carboxylic acids is 1. The molecule has 6 heteroatoms. The van der Waals surface area contributed by atoms with Crippen LogP contribution in [-0.2, 0) is 4.79 Å². The first-order chi connectivity index (χ1) is 9.70. The first-order valence-corrected chi connectivity index (χ1v) is 7.67. The fourth-order valence-corrected chi connectivity index (χ4v) is 2.61. The maximum atomic E-state index is 12.1. The number of hydrogen-bond donors (Lipinski definition) is 2. The number of carbonyl (C=O) groups excluding carboxylic acids is 1. The third kappa shape index (κ3) is 4.09. The summed E-state index contributed by atoms with van der Waals surface area (Å²) in [6, 6.07) is 0.283. The quantitative estimate of drug-likeness (QED) is 0.779. The highest BCUT2D eigenvalue weighted by molar-refractivity contribution is 5.80. The highest BCUT2D eigenvalue weighted by Crippen LogP contribution is 2.38. The van der Waals surface area contributed by atoms with Crippen LogP contribution in [0, 0.1) is 11.3 Å². The second-order valence-electron chi connectivity index (χ2n) is 6.59. The summed E-state index contributed by atoms with van der Waals surface area (Å²) in [6.07, 6.45) is 0.527. The van der Waals surface area contributed by atoms with Gasteiger partial charge in [0.25, 0.3) is 0 Å². The smallest absolute Gasteiger partial charge is 0.317 e. The fourth-order valence-electron chi connectivity index (χ4n) is 2.61. The van der Waals surface area contributed by atoms with Crippen molar-refractivity contribution in [3.8, 4) is 0 Å². The van der Waals surface area contributed by atoms with E-state index in [-0.39, 0.29) is 11.9 Å². The first kappa shape index (κ1) is 17.8. The van der Waals surface area contributed by atoms with Gasteiger partial charge in [-0.15, -0.1) is 0 Å². The summed E-state index contributed by atoms with van der Waals surface area (Å²) in [5.41, 5.74) is -0.800. The van der Waals surface area contributed by atoms with Crippen molar-refractivity contribution < 1.29 is 14.7 Å². The topological polar surface area (TPSA) is 72.9 Å². The number of amides is 2. The molecule has 0 aromatic heterocycles. The molecular formula is C15H29N3O3. The Morgan fingerprint density at radius 3 is 2.38 bits per heavy atom. The van der Waals surface area contributed by atoms with Crippen molar-refractivity contribution in [2.75, 3.05) is 33.2 Å². The Labute approximate surface area is 127 Å². The molecular weight excluding hydrogens is 270 g/mol. The van der Waals surface area contributed by atoms with Crippen molar-refractivity contribution in [2.24, 2.45) is 11.3 Å². The van der Waals surface area contributed by atoms with Gasteiger partial charge in [-0.3, -0.25) is 4.79 Å². The van der Waals surface area contributed by atoms with Crippen LogP contribution in [0.15, 0.2) is 0 Å². The molecule has 6 nitrogen and oxygen atoms in total. The van der Waals surface area contributed by atoms with E-state index < -0.39 is 11.4 Å². The lowest BCUT2D eigenvalue weighted by molar-refractivity contribution is -0.150. The minimum absolute atomic E-state index is 0.0138. The molecule has 1 rings (SSSR count). The largest absolute Gasteiger partial charge is 0.481 e. The third-order valence-corrected chi connectivity index (χ3v) is 4.74. The Bertz CT molecular complexity index is 384. The number of carboxylic acid groups (broad SMARTS) is 1. The van der Waals surface area contributed by atoms with Gasteiger partial charge in [0, 0.05) is 32.2 Å². The minimum atomic E-state index is -0.800. The van der Waals surface area contributed by atoms with Gasteiger partial charge in [0.05, 0.1) is 5.41 Å². The summed E-state index contributed by atoms with van der Waals surface area (Å²) in [4.78, 5) is 27.5. The Hall–Kier alpha value is -1.30. The van der Waals surface area contributed by atoms with Crippen LogP contribution in [0.5, 0.6) is 0 Å². The van der Waals surface area contributed by atoms with E-state index >= 15 is 0 Å². The Balaban J connectivity index is 2.49. The average Bonchev–Trinajstić information content (AvgIpc) is 2.84. The lowest BCUT2D eigenvalue weighted by atomic mass is 9.76. The van der Waals surface area contributed by atoms with E-state index in [0.717, 1.165) is 6.54 Å². The number of nitrogens with one attached hydrogen (secondary N) is 1. The van der Waals surface area contributed by atoms with Crippen LogP contribution in [0.4, 0.5) is 4.79 Å². The van der Waals surface area contributed by atoms with Crippen molar-refractivity contribution in [3.05, 3.63) is 0 Å². The molecule has 21 heavy (non-hydrogen) atoms. The average molecular weight is 299 g/mol. The second kappa shape index (κ2) is 7.11. The summed E-state index contributed by atoms with van der Waals surface area (Å²) >= 11 is 0. The Morgan fingerprint density at radius 1 is 1.33 bits per heavy atom. The summed E-state index contributed by atoms with van der Waals surface area (Å²) in [5.74, 6) is -0.785. The number of likely N-dealkylation sites (N-methyl/N-ethyl adjacent to an activating group) is 1. The van der Waals surface area contributed by atoms with Gasteiger partial charge >= 0.3 is 12.0 Å². The van der Waals surface area contributed by atoms with Gasteiger partial charge in [0.15, 0.2) is 0 Å². The summed E-state index contributed by atoms with van der Waals surface area (Å²) in [6.45, 7) is 10.2. The molecule has 122 valence electrons. The molecule has 1 heterocycles. The van der Waals surface area contributed by atoms with Crippen LogP contribution in [-0.4, -0.2) is 66.2 Å². The van der Waals surface area contributed by atoms with E-state index in [1.54, 1.807) is 4.90 Å². The Morgan fingerprint density at radius 2 is 1.95 bits per heavy atom. The van der Waals surface area contributed by atoms with Crippen molar-refractivity contribution in [3.63, 3.8) is 0 Å². The molecule has 1 unspecified atom stereocenters. The molecule has 0 aliphatic carbocycles. The number of hydrogen-bond acceptors (Lipinski definition) is 3. The predicted octanol–water partition coefficient (Wildman–Crippen LogP) is 1.47. The van der Waals surface area contributed by atoms with Gasteiger partial charge in [-0.2, -0.15) is 0 Å². The molecule has 0 radical (unpaired) electrons. The van der Waals surface area contributed by atoms with Crippen molar-refractivity contribution in [2.45, 2.75) is 40.2 Å². The monoisotopic (exact) mass is 299 g/mol. The zero-order chi connectivity index (χ0) is 16.2. The van der Waals surface area contributed by atoms with Crippen LogP contribution in [0.3, 0.4) is 0 Å². The van der Waals surface area contributed by atoms with E-state index in [1.165, 1.54) is 0 Å². The maximum absolute atomic E-state index is 12.1. The molecule has 0 aromatic carbocycles. The van der Waals surface area contributed by atoms with E-state index in [1.807, 2.05) is 20.9 Å². The molecule has 0 spiro atoms. The molecule has 2 N–H and O–H groups in total. The SMILES string of the molecule is CC(C)N(C)CCNC(=O)N1CCC(C(=O)O)(C(C)C)C1. The normalized spacial score (nSPS) is 22.4. The first-order valence-electron chi connectivity index (χ1n) is 7.67. The number of nitrogens with zero attached hydrogens (tertiary/aromatic N) is 2. The number of likely N-dealkylation sites (tertiary alicyclic amines) is 1. The molecule has 0 saturated carbocycles. The Kier molecular flexibility index (Phi) is 6.01. The van der Waals surface area contributed by atoms with Gasteiger partial charge in [0.1, 0.15) is 0 Å². The van der Waals surface area contributed by atoms with Gasteiger partial charge in [-0.05, 0) is 33.2 Å². The van der Waals surface area contributed by atoms with Crippen LogP contribution in [0.2, 0.25) is 0 Å². The van der Waals surface area contributed by atoms with Crippen molar-refractivity contribution >= 4 is 12.0 Å². The molecule has 0 bridgehead atoms. The van der Waals surface area contributed by atoms with Crippen LogP contribution in [0.25, 0.3) is 0 Å². The predicted molar refractivity (Wildman–Crippen MR) is 82.3 cm³/mol. The number of carbonyl (C=O) groups is 2. The highest BCUT2D eigenvalue weighted by Gasteiger charge is 2.48. The van der Waals surface area contributed by atoms with E-state index in [4.69, 9.17) is 0 Å². The lowest BCUT2D eigenvalue weighted by Crippen LogP contribution is -2.45. The molecule has 0 aromatic rings. The summed E-state index contributed by atoms with van der Waals surface area (Å²) < 4.78 is 0. The number of rotatable bonds is 6. The maximum Gasteiger partial charge on any atom is 0.317 e. The zero-order valence-electron chi connectivity index (χ0n) is 13.8. The molecule has 1 atom stereocenters. The van der Waals surface area contributed by atoms with E-state index in [2.05, 4.69) is 24.1 Å². The van der Waals surface area contributed by atoms with E-state index in [0.29, 0.717) is 32.1 Å². The van der Waals surface area contributed by atoms with Gasteiger partial charge in [-0.1, -0.05) is 13.8 Å². The second-order valence-corrected chi connectivity index (χ2v) is 6.59. The summed E-state index contributed by atoms with van der Waals surface area (Å²) in [5, 5.41) is 12.4. The van der Waals surface area contributed by atoms with Gasteiger partial charge in [-0.25, -0.2) is 4.79 Å². The third-order valence-electron chi connectivity index (χ3n) is 4.74. The van der Waals surface area contributed by atoms with Crippen molar-refractivity contribution in [1.29, 1.82) is 0 Å². The van der Waals surface area contributed by atoms with Gasteiger partial charge in [0.2, 0.25) is 0 Å². The highest BCUT2D eigenvalue weighted by atomic mass is 16.4. The molecule has 2 amide bonds. The minimum Gasteiger partial charge on any atom is -0.481 e. The standard InChI is InChI=1S/C15H29N3O3/c1-11(2)15(13(19)20)6-8-18(10-15)14(21)16-7-9-17(5)12(3)4/h11-12H,6-10H2,1-5H3,(H,16,21)(H,19,20). The van der Waals surface area contributed by atoms with Crippen LogP contribution in [0.1, 0.15) is 34.1 Å².